The second-order valence-corrected chi connectivity index (χ2v) is 6.83. The van der Waals surface area contributed by atoms with Crippen LogP contribution in [0.25, 0.3) is 0 Å². The van der Waals surface area contributed by atoms with Crippen LogP contribution in [0.3, 0.4) is 0 Å². The van der Waals surface area contributed by atoms with Crippen molar-refractivity contribution in [3.63, 3.8) is 0 Å². The molecular weight excluding hydrogens is 359 g/mol. The average Bonchev–Trinajstić information content (AvgIpc) is 2.34. The van der Waals surface area contributed by atoms with Crippen LogP contribution in [-0.4, -0.2) is 39.4 Å². The molecule has 0 radical (unpaired) electrons. The van der Waals surface area contributed by atoms with E-state index in [9.17, 15) is 9.90 Å². The van der Waals surface area contributed by atoms with Crippen molar-refractivity contribution in [2.45, 2.75) is 67.4 Å². The highest BCUT2D eigenvalue weighted by Crippen LogP contribution is 2.33. The van der Waals surface area contributed by atoms with E-state index >= 15 is 0 Å². The molecule has 1 saturated heterocycles. The van der Waals surface area contributed by atoms with Crippen molar-refractivity contribution in [2.75, 3.05) is 0 Å². The molecule has 4 nitrogen and oxygen atoms in total. The lowest BCUT2D eigenvalue weighted by molar-refractivity contribution is -0.185. The molecule has 0 aromatic heterocycles. The Morgan fingerprint density at radius 3 is 2.74 bits per heavy atom. The predicted octanol–water partition coefficient (Wildman–Crippen LogP) is 2.37. The van der Waals surface area contributed by atoms with Gasteiger partial charge in [0, 0.05) is 17.3 Å². The van der Waals surface area contributed by atoms with E-state index in [0.29, 0.717) is 10.3 Å². The largest absolute Gasteiger partial charge is 0.460 e. The zero-order valence-corrected chi connectivity index (χ0v) is 13.3. The van der Waals surface area contributed by atoms with Crippen LogP contribution in [0.2, 0.25) is 0 Å². The van der Waals surface area contributed by atoms with E-state index in [2.05, 4.69) is 34.7 Å². The summed E-state index contributed by atoms with van der Waals surface area (Å²) in [5, 5.41) is 10.3. The SMILES string of the molecule is CC(=O)O[C@H]1C[C@@H](I)[C@@H]2CC/C=C\CC[C@H](O)[C@H]1O2. The number of esters is 1. The molecule has 19 heavy (non-hydrogen) atoms. The first kappa shape index (κ1) is 15.3. The second kappa shape index (κ2) is 7.04. The monoisotopic (exact) mass is 380 g/mol. The van der Waals surface area contributed by atoms with Gasteiger partial charge in [-0.25, -0.2) is 0 Å². The van der Waals surface area contributed by atoms with Crippen molar-refractivity contribution >= 4 is 28.6 Å². The number of fused-ring (bicyclic) bond motifs is 2. The average molecular weight is 380 g/mol. The van der Waals surface area contributed by atoms with Crippen molar-refractivity contribution in [1.82, 2.24) is 0 Å². The molecule has 0 unspecified atom stereocenters. The van der Waals surface area contributed by atoms with Gasteiger partial charge >= 0.3 is 5.97 Å². The minimum absolute atomic E-state index is 0.134. The Bertz CT molecular complexity index is 344. The van der Waals surface area contributed by atoms with Crippen LogP contribution >= 0.6 is 22.6 Å². The van der Waals surface area contributed by atoms with E-state index in [4.69, 9.17) is 9.47 Å². The third-order valence-corrected chi connectivity index (χ3v) is 4.98. The van der Waals surface area contributed by atoms with Gasteiger partial charge in [0.1, 0.15) is 12.2 Å². The molecule has 2 aliphatic heterocycles. The first-order valence-corrected chi connectivity index (χ1v) is 8.12. The van der Waals surface area contributed by atoms with Gasteiger partial charge < -0.3 is 14.6 Å². The molecule has 0 aromatic carbocycles. The van der Waals surface area contributed by atoms with Crippen LogP contribution in [0, 0.1) is 0 Å². The molecule has 1 N–H and O–H groups in total. The number of halogens is 1. The number of aliphatic hydroxyl groups is 1. The zero-order valence-electron chi connectivity index (χ0n) is 11.1. The molecule has 0 saturated carbocycles. The lowest BCUT2D eigenvalue weighted by atomic mass is 9.92. The minimum Gasteiger partial charge on any atom is -0.460 e. The van der Waals surface area contributed by atoms with Crippen LogP contribution in [0.4, 0.5) is 0 Å². The second-order valence-electron chi connectivity index (χ2n) is 5.23. The number of carbonyl (C=O) groups is 1. The number of hydrogen-bond acceptors (Lipinski definition) is 4. The van der Waals surface area contributed by atoms with Crippen molar-refractivity contribution in [3.05, 3.63) is 12.2 Å². The van der Waals surface area contributed by atoms with E-state index in [-0.39, 0.29) is 24.3 Å². The first-order valence-electron chi connectivity index (χ1n) is 6.87. The molecule has 0 amide bonds. The van der Waals surface area contributed by atoms with E-state index in [1.54, 1.807) is 0 Å². The molecule has 5 atom stereocenters. The molecule has 2 bridgehead atoms. The van der Waals surface area contributed by atoms with Gasteiger partial charge in [-0.2, -0.15) is 0 Å². The van der Waals surface area contributed by atoms with E-state index in [0.717, 1.165) is 25.7 Å². The third kappa shape index (κ3) is 4.16. The van der Waals surface area contributed by atoms with Gasteiger partial charge in [-0.15, -0.1) is 0 Å². The molecule has 2 aliphatic rings. The van der Waals surface area contributed by atoms with Crippen LogP contribution in [-0.2, 0) is 14.3 Å². The summed E-state index contributed by atoms with van der Waals surface area (Å²) < 4.78 is 11.7. The van der Waals surface area contributed by atoms with Crippen molar-refractivity contribution < 1.29 is 19.4 Å². The topological polar surface area (TPSA) is 55.8 Å². The van der Waals surface area contributed by atoms with Gasteiger partial charge in [0.05, 0.1) is 12.2 Å². The van der Waals surface area contributed by atoms with Gasteiger partial charge in [0.2, 0.25) is 0 Å². The third-order valence-electron chi connectivity index (χ3n) is 3.67. The lowest BCUT2D eigenvalue weighted by Gasteiger charge is -2.41. The molecule has 0 aromatic rings. The maximum Gasteiger partial charge on any atom is 0.302 e. The van der Waals surface area contributed by atoms with Crippen LogP contribution in [0.15, 0.2) is 12.2 Å². The number of aliphatic hydroxyl groups excluding tert-OH is 1. The summed E-state index contributed by atoms with van der Waals surface area (Å²) in [6.45, 7) is 1.41. The van der Waals surface area contributed by atoms with Crippen LogP contribution in [0.1, 0.15) is 39.0 Å². The zero-order chi connectivity index (χ0) is 13.8. The lowest BCUT2D eigenvalue weighted by Crippen LogP contribution is -2.52. The molecular formula is C14H21IO4. The number of alkyl halides is 1. The predicted molar refractivity (Wildman–Crippen MR) is 80.3 cm³/mol. The van der Waals surface area contributed by atoms with Gasteiger partial charge in [0.25, 0.3) is 0 Å². The fourth-order valence-corrected chi connectivity index (χ4v) is 3.76. The Kier molecular flexibility index (Phi) is 5.65. The summed E-state index contributed by atoms with van der Waals surface area (Å²) in [6, 6.07) is 0. The van der Waals surface area contributed by atoms with Gasteiger partial charge in [-0.05, 0) is 25.7 Å². The van der Waals surface area contributed by atoms with E-state index in [1.165, 1.54) is 6.92 Å². The highest BCUT2D eigenvalue weighted by Gasteiger charge is 2.41. The Labute approximate surface area is 127 Å². The molecule has 1 fully saturated rings. The highest BCUT2D eigenvalue weighted by molar-refractivity contribution is 14.1. The molecule has 5 heteroatoms. The summed E-state index contributed by atoms with van der Waals surface area (Å²) in [5.41, 5.74) is 0. The maximum absolute atomic E-state index is 11.2. The molecule has 0 spiro atoms. The number of carbonyl (C=O) groups excluding carboxylic acids is 1. The van der Waals surface area contributed by atoms with E-state index < -0.39 is 6.10 Å². The fourth-order valence-electron chi connectivity index (χ4n) is 2.73. The Hall–Kier alpha value is -0.140. The summed E-state index contributed by atoms with van der Waals surface area (Å²) >= 11 is 2.36. The van der Waals surface area contributed by atoms with Gasteiger partial charge in [0.15, 0.2) is 0 Å². The Morgan fingerprint density at radius 2 is 2.05 bits per heavy atom. The smallest absolute Gasteiger partial charge is 0.302 e. The van der Waals surface area contributed by atoms with Crippen molar-refractivity contribution in [3.8, 4) is 0 Å². The molecule has 2 heterocycles. The minimum atomic E-state index is -0.571. The fraction of sp³-hybridized carbons (Fsp3) is 0.786. The van der Waals surface area contributed by atoms with Crippen LogP contribution < -0.4 is 0 Å². The number of rotatable bonds is 1. The summed E-state index contributed by atoms with van der Waals surface area (Å²) in [4.78, 5) is 11.2. The normalized spacial score (nSPS) is 41.3. The summed E-state index contributed by atoms with van der Waals surface area (Å²) in [5.74, 6) is -0.306. The maximum atomic E-state index is 11.2. The molecule has 2 rings (SSSR count). The number of hydrogen-bond donors (Lipinski definition) is 1. The van der Waals surface area contributed by atoms with Crippen molar-refractivity contribution in [1.29, 1.82) is 0 Å². The summed E-state index contributed by atoms with van der Waals surface area (Å²) in [7, 11) is 0. The van der Waals surface area contributed by atoms with E-state index in [1.807, 2.05) is 0 Å². The van der Waals surface area contributed by atoms with Crippen LogP contribution in [0.5, 0.6) is 0 Å². The number of ether oxygens (including phenoxy) is 2. The Balaban J connectivity index is 2.13. The van der Waals surface area contributed by atoms with Crippen molar-refractivity contribution in [2.24, 2.45) is 0 Å². The molecule has 108 valence electrons. The quantitative estimate of drug-likeness (QED) is 0.329. The number of allylic oxidation sites excluding steroid dienone is 2. The van der Waals surface area contributed by atoms with Gasteiger partial charge in [-0.1, -0.05) is 34.7 Å². The standard InChI is InChI=1S/C14H21IO4/c1-9(16)18-13-8-10(15)12-7-5-3-2-4-6-11(17)14(13)19-12/h2-3,10-14,17H,4-8H2,1H3/b3-2-/t10-,11+,12+,13+,14-/m1/s1. The highest BCUT2D eigenvalue weighted by atomic mass is 127. The van der Waals surface area contributed by atoms with Gasteiger partial charge in [-0.3, -0.25) is 4.79 Å². The Morgan fingerprint density at radius 1 is 1.37 bits per heavy atom. The summed E-state index contributed by atoms with van der Waals surface area (Å²) in [6.07, 6.45) is 7.35. The first-order chi connectivity index (χ1) is 9.08. The molecule has 0 aliphatic carbocycles.